The number of aliphatic hydroxyl groups is 1. The summed E-state index contributed by atoms with van der Waals surface area (Å²) in [5.41, 5.74) is 2.62. The maximum absolute atomic E-state index is 9.09. The van der Waals surface area contributed by atoms with Gasteiger partial charge in [0, 0.05) is 29.8 Å². The minimum absolute atomic E-state index is 0.275. The van der Waals surface area contributed by atoms with Gasteiger partial charge in [-0.1, -0.05) is 6.07 Å². The smallest absolute Gasteiger partial charge is 0.0504 e. The number of aryl methyl sites for hydroxylation is 1. The van der Waals surface area contributed by atoms with E-state index in [-0.39, 0.29) is 6.61 Å². The minimum atomic E-state index is 0.275. The van der Waals surface area contributed by atoms with Crippen LogP contribution in [0.1, 0.15) is 18.9 Å². The Kier molecular flexibility index (Phi) is 3.45. The molecule has 0 aromatic heterocycles. The first-order valence-electron chi connectivity index (χ1n) is 5.74. The normalized spacial score (nSPS) is 24.4. The molecule has 1 aromatic rings. The molecule has 88 valence electrons. The summed E-state index contributed by atoms with van der Waals surface area (Å²) in [6, 6.07) is 7.08. The number of hydrogen-bond acceptors (Lipinski definition) is 3. The molecule has 1 aromatic carbocycles. The van der Waals surface area contributed by atoms with Crippen molar-refractivity contribution in [1.29, 1.82) is 0 Å². The zero-order valence-corrected chi connectivity index (χ0v) is 10.9. The Morgan fingerprint density at radius 2 is 2.19 bits per heavy atom. The van der Waals surface area contributed by atoms with Gasteiger partial charge in [-0.2, -0.15) is 0 Å². The molecule has 0 saturated carbocycles. The van der Waals surface area contributed by atoms with Crippen LogP contribution in [0.4, 0.5) is 5.69 Å². The number of hydrogen-bond donors (Lipinski definition) is 1. The van der Waals surface area contributed by atoms with Crippen molar-refractivity contribution in [3.63, 3.8) is 0 Å². The monoisotopic (exact) mass is 237 g/mol. The van der Waals surface area contributed by atoms with Gasteiger partial charge in [-0.25, -0.2) is 0 Å². The SMILES string of the molecule is Cc1ccc2c(c1)SC(CCO)C(C)N2C. The molecular formula is C13H19NOS. The van der Waals surface area contributed by atoms with Crippen LogP contribution in [0.2, 0.25) is 0 Å². The van der Waals surface area contributed by atoms with E-state index in [1.54, 1.807) is 0 Å². The summed E-state index contributed by atoms with van der Waals surface area (Å²) in [7, 11) is 2.14. The fourth-order valence-corrected chi connectivity index (χ4v) is 3.68. The summed E-state index contributed by atoms with van der Waals surface area (Å²) >= 11 is 1.91. The Bertz CT molecular complexity index is 380. The van der Waals surface area contributed by atoms with Crippen molar-refractivity contribution >= 4 is 17.4 Å². The first-order chi connectivity index (χ1) is 7.63. The topological polar surface area (TPSA) is 23.5 Å². The second-order valence-corrected chi connectivity index (χ2v) is 5.77. The van der Waals surface area contributed by atoms with Crippen molar-refractivity contribution in [1.82, 2.24) is 0 Å². The van der Waals surface area contributed by atoms with Gasteiger partial charge in [0.1, 0.15) is 0 Å². The van der Waals surface area contributed by atoms with Gasteiger partial charge in [-0.3, -0.25) is 0 Å². The number of fused-ring (bicyclic) bond motifs is 1. The van der Waals surface area contributed by atoms with Crippen LogP contribution in [0, 0.1) is 6.92 Å². The Hall–Kier alpha value is -0.670. The van der Waals surface area contributed by atoms with E-state index in [0.29, 0.717) is 11.3 Å². The number of aliphatic hydroxyl groups excluding tert-OH is 1. The zero-order chi connectivity index (χ0) is 11.7. The molecule has 2 unspecified atom stereocenters. The van der Waals surface area contributed by atoms with E-state index in [1.807, 2.05) is 11.8 Å². The van der Waals surface area contributed by atoms with Gasteiger partial charge in [0.25, 0.3) is 0 Å². The highest BCUT2D eigenvalue weighted by Crippen LogP contribution is 2.42. The highest BCUT2D eigenvalue weighted by Gasteiger charge is 2.29. The quantitative estimate of drug-likeness (QED) is 0.855. The molecule has 2 nitrogen and oxygen atoms in total. The Morgan fingerprint density at radius 1 is 1.44 bits per heavy atom. The third-order valence-corrected chi connectivity index (χ3v) is 4.85. The summed E-state index contributed by atoms with van der Waals surface area (Å²) in [4.78, 5) is 3.67. The lowest BCUT2D eigenvalue weighted by atomic mass is 10.1. The van der Waals surface area contributed by atoms with Crippen molar-refractivity contribution in [2.24, 2.45) is 0 Å². The van der Waals surface area contributed by atoms with E-state index in [0.717, 1.165) is 6.42 Å². The predicted molar refractivity (Wildman–Crippen MR) is 70.4 cm³/mol. The summed E-state index contributed by atoms with van der Waals surface area (Å²) in [6.07, 6.45) is 0.865. The van der Waals surface area contributed by atoms with Gasteiger partial charge < -0.3 is 10.0 Å². The molecule has 0 fully saturated rings. The van der Waals surface area contributed by atoms with Gasteiger partial charge in [-0.05, 0) is 38.0 Å². The highest BCUT2D eigenvalue weighted by atomic mass is 32.2. The lowest BCUT2D eigenvalue weighted by Gasteiger charge is -2.39. The van der Waals surface area contributed by atoms with E-state index in [2.05, 4.69) is 44.0 Å². The molecule has 0 aliphatic carbocycles. The van der Waals surface area contributed by atoms with Crippen molar-refractivity contribution in [3.8, 4) is 0 Å². The van der Waals surface area contributed by atoms with E-state index in [4.69, 9.17) is 5.11 Å². The van der Waals surface area contributed by atoms with Gasteiger partial charge in [0.15, 0.2) is 0 Å². The maximum atomic E-state index is 9.09. The van der Waals surface area contributed by atoms with Crippen LogP contribution in [0.25, 0.3) is 0 Å². The van der Waals surface area contributed by atoms with Crippen LogP contribution in [-0.2, 0) is 0 Å². The van der Waals surface area contributed by atoms with Crippen LogP contribution in [0.15, 0.2) is 23.1 Å². The predicted octanol–water partition coefficient (Wildman–Crippen LogP) is 2.68. The third kappa shape index (κ3) is 2.06. The summed E-state index contributed by atoms with van der Waals surface area (Å²) in [5, 5.41) is 9.58. The molecule has 0 spiro atoms. The molecule has 1 aliphatic heterocycles. The van der Waals surface area contributed by atoms with Crippen LogP contribution >= 0.6 is 11.8 Å². The number of thioether (sulfide) groups is 1. The van der Waals surface area contributed by atoms with Gasteiger partial charge in [0.2, 0.25) is 0 Å². The number of benzene rings is 1. The van der Waals surface area contributed by atoms with Gasteiger partial charge >= 0.3 is 0 Å². The number of nitrogens with zero attached hydrogens (tertiary/aromatic N) is 1. The van der Waals surface area contributed by atoms with E-state index in [9.17, 15) is 0 Å². The largest absolute Gasteiger partial charge is 0.396 e. The standard InChI is InChI=1S/C13H19NOS/c1-9-4-5-11-13(8-9)16-12(6-7-15)10(2)14(11)3/h4-5,8,10,12,15H,6-7H2,1-3H3. The van der Waals surface area contributed by atoms with Crippen LogP contribution in [-0.4, -0.2) is 30.1 Å². The third-order valence-electron chi connectivity index (χ3n) is 3.34. The van der Waals surface area contributed by atoms with Crippen LogP contribution < -0.4 is 4.90 Å². The molecule has 0 amide bonds. The molecule has 16 heavy (non-hydrogen) atoms. The molecular weight excluding hydrogens is 218 g/mol. The van der Waals surface area contributed by atoms with Gasteiger partial charge in [-0.15, -0.1) is 11.8 Å². The van der Waals surface area contributed by atoms with Crippen molar-refractivity contribution in [3.05, 3.63) is 23.8 Å². The zero-order valence-electron chi connectivity index (χ0n) is 10.1. The van der Waals surface area contributed by atoms with E-state index < -0.39 is 0 Å². The van der Waals surface area contributed by atoms with Crippen LogP contribution in [0.5, 0.6) is 0 Å². The lowest BCUT2D eigenvalue weighted by molar-refractivity contribution is 0.282. The van der Waals surface area contributed by atoms with Crippen molar-refractivity contribution < 1.29 is 5.11 Å². The molecule has 2 rings (SSSR count). The molecule has 1 N–H and O–H groups in total. The van der Waals surface area contributed by atoms with Crippen molar-refractivity contribution in [2.45, 2.75) is 36.5 Å². The van der Waals surface area contributed by atoms with E-state index >= 15 is 0 Å². The summed E-state index contributed by atoms with van der Waals surface area (Å²) in [5.74, 6) is 0. The highest BCUT2D eigenvalue weighted by molar-refractivity contribution is 8.00. The minimum Gasteiger partial charge on any atom is -0.396 e. The first-order valence-corrected chi connectivity index (χ1v) is 6.62. The van der Waals surface area contributed by atoms with Gasteiger partial charge in [0.05, 0.1) is 5.69 Å². The molecule has 1 heterocycles. The van der Waals surface area contributed by atoms with Crippen molar-refractivity contribution in [2.75, 3.05) is 18.6 Å². The number of rotatable bonds is 2. The molecule has 0 bridgehead atoms. The first kappa shape index (κ1) is 11.8. The fourth-order valence-electron chi connectivity index (χ4n) is 2.16. The second-order valence-electron chi connectivity index (χ2n) is 4.49. The summed E-state index contributed by atoms with van der Waals surface area (Å²) in [6.45, 7) is 4.63. The Labute approximate surface area is 102 Å². The average molecular weight is 237 g/mol. The Balaban J connectivity index is 2.32. The summed E-state index contributed by atoms with van der Waals surface area (Å²) < 4.78 is 0. The second kappa shape index (κ2) is 4.68. The molecule has 2 atom stereocenters. The molecule has 0 saturated heterocycles. The fraction of sp³-hybridized carbons (Fsp3) is 0.538. The molecule has 3 heteroatoms. The molecule has 0 radical (unpaired) electrons. The Morgan fingerprint density at radius 3 is 2.88 bits per heavy atom. The lowest BCUT2D eigenvalue weighted by Crippen LogP contribution is -2.41. The average Bonchev–Trinajstić information content (AvgIpc) is 2.25. The molecule has 1 aliphatic rings. The maximum Gasteiger partial charge on any atom is 0.0504 e. The van der Waals surface area contributed by atoms with E-state index in [1.165, 1.54) is 16.1 Å². The van der Waals surface area contributed by atoms with Crippen LogP contribution in [0.3, 0.4) is 0 Å². The number of anilines is 1.